The molecule has 4 aliphatic carbocycles. The van der Waals surface area contributed by atoms with E-state index in [0.717, 1.165) is 57.8 Å². The monoisotopic (exact) mass is 579 g/mol. The normalized spacial score (nSPS) is 38.0. The second kappa shape index (κ2) is 10.9. The van der Waals surface area contributed by atoms with Crippen LogP contribution >= 0.6 is 0 Å². The Balaban J connectivity index is 1.53. The lowest BCUT2D eigenvalue weighted by Crippen LogP contribution is -2.66. The summed E-state index contributed by atoms with van der Waals surface area (Å²) in [4.78, 5) is 39.7. The van der Waals surface area contributed by atoms with Gasteiger partial charge in [-0.1, -0.05) is 61.0 Å². The number of rotatable bonds is 7. The lowest BCUT2D eigenvalue weighted by Gasteiger charge is -2.69. The molecule has 0 aliphatic heterocycles. The van der Waals surface area contributed by atoms with Gasteiger partial charge >= 0.3 is 5.97 Å². The van der Waals surface area contributed by atoms with Gasteiger partial charge in [0.25, 0.3) is 0 Å². The number of nitriles is 1. The summed E-state index contributed by atoms with van der Waals surface area (Å²) < 4.78 is 5.48. The number of nitrogens with zero attached hydrogens (tertiary/aromatic N) is 1. The van der Waals surface area contributed by atoms with Gasteiger partial charge in [0, 0.05) is 17.8 Å². The third kappa shape index (κ3) is 5.32. The van der Waals surface area contributed by atoms with E-state index in [9.17, 15) is 19.6 Å². The maximum atomic E-state index is 14.4. The van der Waals surface area contributed by atoms with Crippen LogP contribution < -0.4 is 0 Å². The van der Waals surface area contributed by atoms with E-state index in [1.807, 2.05) is 40.7 Å². The van der Waals surface area contributed by atoms with Crippen LogP contribution in [-0.2, 0) is 19.1 Å². The van der Waals surface area contributed by atoms with Crippen LogP contribution in [0.1, 0.15) is 133 Å². The molecule has 0 heterocycles. The Bertz CT molecular complexity index is 1180. The molecular weight excluding hydrogens is 522 g/mol. The number of Topliss-reactive ketones (excluding diaryl/α,β-unsaturated/α-hetero) is 2. The molecule has 0 aromatic rings. The van der Waals surface area contributed by atoms with Gasteiger partial charge in [-0.05, 0) is 112 Å². The quantitative estimate of drug-likeness (QED) is 0.223. The fourth-order valence-electron chi connectivity index (χ4n) is 10.6. The molecule has 5 nitrogen and oxygen atoms in total. The van der Waals surface area contributed by atoms with E-state index < -0.39 is 10.8 Å². The van der Waals surface area contributed by atoms with Gasteiger partial charge in [0.05, 0.1) is 17.6 Å². The van der Waals surface area contributed by atoms with E-state index >= 15 is 0 Å². The Morgan fingerprint density at radius 1 is 0.976 bits per heavy atom. The number of carbonyl (C=O) groups excluding carboxylic acids is 3. The SMILES string of the molecule is CC(C)(CCCCOC(=O)C(C)(C)C)CC1CCC[C@]2(C)C1C(=O)C[C@@H]1[C@@]3(C)C=C(C#N)C(=O)C(C)(C)[C@@H]3CC[C@]12C. The summed E-state index contributed by atoms with van der Waals surface area (Å²) in [7, 11) is 0. The molecule has 0 aromatic carbocycles. The molecule has 0 radical (unpaired) electrons. The van der Waals surface area contributed by atoms with Crippen LogP contribution in [0.25, 0.3) is 0 Å². The number of allylic oxidation sites excluding steroid dienone is 2. The fraction of sp³-hybridized carbons (Fsp3) is 0.838. The minimum absolute atomic E-state index is 0.0237. The van der Waals surface area contributed by atoms with Gasteiger partial charge in [0.1, 0.15) is 11.9 Å². The van der Waals surface area contributed by atoms with Gasteiger partial charge in [-0.3, -0.25) is 14.4 Å². The minimum atomic E-state index is -0.596. The summed E-state index contributed by atoms with van der Waals surface area (Å²) in [6, 6.07) is 2.22. The predicted molar refractivity (Wildman–Crippen MR) is 166 cm³/mol. The molecule has 42 heavy (non-hydrogen) atoms. The standard InChI is InChI=1S/C37H57NO4/c1-32(2,3)31(41)42-19-12-11-16-33(4,5)21-24-14-13-17-37(10)29(24)26(39)20-28-35(8)22-25(23-38)30(40)34(6,7)27(35)15-18-36(28,37)9/h22,24,27-29H,11-21H2,1-10H3/t24?,27-,28+,29?,35-,36+,37+/m0/s1. The minimum Gasteiger partial charge on any atom is -0.465 e. The smallest absolute Gasteiger partial charge is 0.311 e. The molecule has 2 unspecified atom stereocenters. The molecule has 0 spiro atoms. The van der Waals surface area contributed by atoms with Gasteiger partial charge < -0.3 is 4.74 Å². The fourth-order valence-corrected chi connectivity index (χ4v) is 10.6. The molecule has 0 saturated heterocycles. The zero-order valence-electron chi connectivity index (χ0n) is 28.2. The number of esters is 1. The summed E-state index contributed by atoms with van der Waals surface area (Å²) in [6.07, 6.45) is 11.9. The van der Waals surface area contributed by atoms with Crippen molar-refractivity contribution in [2.24, 2.45) is 56.2 Å². The second-order valence-electron chi connectivity index (χ2n) is 17.6. The number of fused-ring (bicyclic) bond motifs is 5. The van der Waals surface area contributed by atoms with Gasteiger partial charge in [-0.2, -0.15) is 5.26 Å². The summed E-state index contributed by atoms with van der Waals surface area (Å²) in [6.45, 7) is 22.0. The predicted octanol–water partition coefficient (Wildman–Crippen LogP) is 8.66. The molecule has 3 fully saturated rings. The molecule has 3 saturated carbocycles. The van der Waals surface area contributed by atoms with Crippen molar-refractivity contribution >= 4 is 17.5 Å². The zero-order valence-corrected chi connectivity index (χ0v) is 28.2. The molecule has 0 amide bonds. The molecule has 4 aliphatic rings. The van der Waals surface area contributed by atoms with Gasteiger partial charge in [-0.15, -0.1) is 0 Å². The maximum absolute atomic E-state index is 14.4. The Kier molecular flexibility index (Phi) is 8.54. The van der Waals surface area contributed by atoms with Crippen LogP contribution in [0, 0.1) is 67.5 Å². The molecular formula is C37H57NO4. The van der Waals surface area contributed by atoms with Crippen molar-refractivity contribution in [1.29, 1.82) is 5.26 Å². The molecule has 0 aromatic heterocycles. The highest BCUT2D eigenvalue weighted by molar-refractivity contribution is 6.04. The third-order valence-electron chi connectivity index (χ3n) is 12.9. The highest BCUT2D eigenvalue weighted by Gasteiger charge is 2.69. The zero-order chi connectivity index (χ0) is 31.5. The van der Waals surface area contributed by atoms with Crippen LogP contribution in [0.2, 0.25) is 0 Å². The van der Waals surface area contributed by atoms with Crippen molar-refractivity contribution < 1.29 is 19.1 Å². The first-order valence-corrected chi connectivity index (χ1v) is 16.6. The first kappa shape index (κ1) is 32.9. The Morgan fingerprint density at radius 2 is 1.64 bits per heavy atom. The number of ketones is 2. The topological polar surface area (TPSA) is 84.2 Å². The Labute approximate surface area is 255 Å². The lowest BCUT2D eigenvalue weighted by atomic mass is 9.34. The maximum Gasteiger partial charge on any atom is 0.311 e. The van der Waals surface area contributed by atoms with Crippen molar-refractivity contribution in [2.45, 2.75) is 133 Å². The molecule has 4 rings (SSSR count). The third-order valence-corrected chi connectivity index (χ3v) is 12.9. The van der Waals surface area contributed by atoms with Gasteiger partial charge in [-0.25, -0.2) is 0 Å². The van der Waals surface area contributed by atoms with Crippen molar-refractivity contribution in [3.63, 3.8) is 0 Å². The lowest BCUT2D eigenvalue weighted by molar-refractivity contribution is -0.202. The number of unbranched alkanes of at least 4 members (excludes halogenated alkanes) is 1. The molecule has 0 bridgehead atoms. The number of carbonyl (C=O) groups is 3. The summed E-state index contributed by atoms with van der Waals surface area (Å²) in [5.41, 5.74) is -1.12. The van der Waals surface area contributed by atoms with Crippen molar-refractivity contribution in [3.8, 4) is 6.07 Å². The summed E-state index contributed by atoms with van der Waals surface area (Å²) in [5, 5.41) is 9.91. The average Bonchev–Trinajstić information content (AvgIpc) is 2.86. The first-order valence-electron chi connectivity index (χ1n) is 16.6. The Hall–Kier alpha value is -1.96. The van der Waals surface area contributed by atoms with Crippen LogP contribution in [0.15, 0.2) is 11.6 Å². The van der Waals surface area contributed by atoms with Gasteiger partial charge in [0.15, 0.2) is 5.78 Å². The van der Waals surface area contributed by atoms with Crippen molar-refractivity contribution in [2.75, 3.05) is 6.61 Å². The summed E-state index contributed by atoms with van der Waals surface area (Å²) in [5.74, 6) is 0.960. The van der Waals surface area contributed by atoms with Crippen LogP contribution in [0.4, 0.5) is 0 Å². The van der Waals surface area contributed by atoms with Crippen LogP contribution in [0.3, 0.4) is 0 Å². The number of hydrogen-bond acceptors (Lipinski definition) is 5. The van der Waals surface area contributed by atoms with E-state index in [2.05, 4.69) is 40.7 Å². The van der Waals surface area contributed by atoms with Crippen LogP contribution in [0.5, 0.6) is 0 Å². The first-order chi connectivity index (χ1) is 19.2. The summed E-state index contributed by atoms with van der Waals surface area (Å²) >= 11 is 0. The Morgan fingerprint density at radius 3 is 2.26 bits per heavy atom. The molecule has 7 atom stereocenters. The molecule has 234 valence electrons. The second-order valence-corrected chi connectivity index (χ2v) is 17.6. The number of hydrogen-bond donors (Lipinski definition) is 0. The largest absolute Gasteiger partial charge is 0.465 e. The van der Waals surface area contributed by atoms with Crippen molar-refractivity contribution in [3.05, 3.63) is 11.6 Å². The van der Waals surface area contributed by atoms with Crippen molar-refractivity contribution in [1.82, 2.24) is 0 Å². The van der Waals surface area contributed by atoms with E-state index in [0.29, 0.717) is 30.3 Å². The highest BCUT2D eigenvalue weighted by Crippen LogP contribution is 2.73. The highest BCUT2D eigenvalue weighted by atomic mass is 16.5. The number of ether oxygens (including phenoxy) is 1. The van der Waals surface area contributed by atoms with Gasteiger partial charge in [0.2, 0.25) is 0 Å². The van der Waals surface area contributed by atoms with E-state index in [-0.39, 0.29) is 51.2 Å². The molecule has 0 N–H and O–H groups in total. The van der Waals surface area contributed by atoms with Crippen LogP contribution in [-0.4, -0.2) is 24.1 Å². The van der Waals surface area contributed by atoms with E-state index in [4.69, 9.17) is 4.74 Å². The molecule has 5 heteroatoms. The van der Waals surface area contributed by atoms with E-state index in [1.165, 1.54) is 0 Å². The average molecular weight is 580 g/mol. The van der Waals surface area contributed by atoms with E-state index in [1.54, 1.807) is 0 Å².